The minimum absolute atomic E-state index is 0.664. The van der Waals surface area contributed by atoms with E-state index in [1.807, 2.05) is 60.4 Å². The number of rotatable bonds is 1. The van der Waals surface area contributed by atoms with Crippen LogP contribution in [-0.4, -0.2) is 4.98 Å². The third-order valence-electron chi connectivity index (χ3n) is 2.48. The molecule has 78 valence electrons. The molecule has 3 aromatic rings. The first kappa shape index (κ1) is 9.09. The van der Waals surface area contributed by atoms with E-state index in [2.05, 4.69) is 4.98 Å². The predicted octanol–water partition coefficient (Wildman–Crippen LogP) is 2.32. The summed E-state index contributed by atoms with van der Waals surface area (Å²) in [6.45, 7) is 0. The van der Waals surface area contributed by atoms with Gasteiger partial charge >= 0.3 is 0 Å². The van der Waals surface area contributed by atoms with Gasteiger partial charge in [0.1, 0.15) is 18.1 Å². The van der Waals surface area contributed by atoms with Crippen molar-refractivity contribution in [1.29, 1.82) is 0 Å². The molecule has 0 aliphatic carbocycles. The predicted molar refractivity (Wildman–Crippen MR) is 60.6 cm³/mol. The molecular weight excluding hydrogens is 200 g/mol. The largest absolute Gasteiger partial charge is 0.436 e. The van der Waals surface area contributed by atoms with E-state index in [4.69, 9.17) is 4.42 Å². The number of para-hydroxylation sites is 2. The second-order valence-electron chi connectivity index (χ2n) is 3.74. The standard InChI is InChI=1S/C13H11N2O/c1-15-8-4-5-10(9-15)13-14-11-6-2-3-7-12(11)16-13/h2-9H,1H3/q+1. The van der Waals surface area contributed by atoms with Gasteiger partial charge in [-0.25, -0.2) is 9.55 Å². The number of hydrogen-bond acceptors (Lipinski definition) is 2. The second kappa shape index (κ2) is 3.45. The van der Waals surface area contributed by atoms with Gasteiger partial charge in [0.15, 0.2) is 18.0 Å². The zero-order valence-corrected chi connectivity index (χ0v) is 8.92. The van der Waals surface area contributed by atoms with Gasteiger partial charge in [0.05, 0.1) is 0 Å². The van der Waals surface area contributed by atoms with E-state index >= 15 is 0 Å². The molecule has 0 unspecified atom stereocenters. The number of aryl methyl sites for hydroxylation is 1. The number of aromatic nitrogens is 2. The fourth-order valence-electron chi connectivity index (χ4n) is 1.71. The number of fused-ring (bicyclic) bond motifs is 1. The summed E-state index contributed by atoms with van der Waals surface area (Å²) >= 11 is 0. The average Bonchev–Trinajstić information content (AvgIpc) is 2.72. The zero-order chi connectivity index (χ0) is 11.0. The van der Waals surface area contributed by atoms with Gasteiger partial charge in [-0.15, -0.1) is 0 Å². The van der Waals surface area contributed by atoms with Gasteiger partial charge in [0.2, 0.25) is 5.89 Å². The zero-order valence-electron chi connectivity index (χ0n) is 8.92. The van der Waals surface area contributed by atoms with E-state index in [0.29, 0.717) is 5.89 Å². The lowest BCUT2D eigenvalue weighted by Crippen LogP contribution is -2.26. The summed E-state index contributed by atoms with van der Waals surface area (Å²) in [6.07, 6.45) is 3.97. The number of hydrogen-bond donors (Lipinski definition) is 0. The minimum Gasteiger partial charge on any atom is -0.436 e. The first-order valence-corrected chi connectivity index (χ1v) is 5.14. The van der Waals surface area contributed by atoms with E-state index in [1.165, 1.54) is 0 Å². The van der Waals surface area contributed by atoms with E-state index in [1.54, 1.807) is 0 Å². The molecule has 1 aromatic carbocycles. The van der Waals surface area contributed by atoms with Crippen molar-refractivity contribution in [3.05, 3.63) is 48.8 Å². The van der Waals surface area contributed by atoms with E-state index in [9.17, 15) is 0 Å². The van der Waals surface area contributed by atoms with Crippen LogP contribution in [0.4, 0.5) is 0 Å². The molecule has 0 aliphatic heterocycles. The Morgan fingerprint density at radius 3 is 2.81 bits per heavy atom. The van der Waals surface area contributed by atoms with Crippen LogP contribution in [0.2, 0.25) is 0 Å². The van der Waals surface area contributed by atoms with E-state index in [-0.39, 0.29) is 0 Å². The first-order chi connectivity index (χ1) is 7.83. The first-order valence-electron chi connectivity index (χ1n) is 5.14. The van der Waals surface area contributed by atoms with Gasteiger partial charge < -0.3 is 4.42 Å². The summed E-state index contributed by atoms with van der Waals surface area (Å²) in [6, 6.07) is 11.7. The van der Waals surface area contributed by atoms with Gasteiger partial charge in [-0.3, -0.25) is 0 Å². The van der Waals surface area contributed by atoms with Crippen LogP contribution in [0, 0.1) is 0 Å². The molecule has 0 radical (unpaired) electrons. The molecular formula is C13H11N2O+. The Hall–Kier alpha value is -2.16. The Morgan fingerprint density at radius 1 is 1.12 bits per heavy atom. The van der Waals surface area contributed by atoms with Gasteiger partial charge in [0, 0.05) is 6.07 Å². The second-order valence-corrected chi connectivity index (χ2v) is 3.74. The number of nitrogens with zero attached hydrogens (tertiary/aromatic N) is 2. The molecule has 3 rings (SSSR count). The van der Waals surface area contributed by atoms with Gasteiger partial charge in [-0.2, -0.15) is 0 Å². The molecule has 0 bridgehead atoms. The maximum Gasteiger partial charge on any atom is 0.233 e. The summed E-state index contributed by atoms with van der Waals surface area (Å²) in [5.41, 5.74) is 2.70. The average molecular weight is 211 g/mol. The van der Waals surface area contributed by atoms with Crippen molar-refractivity contribution in [3.8, 4) is 11.5 Å². The lowest BCUT2D eigenvalue weighted by atomic mass is 10.3. The Kier molecular flexibility index (Phi) is 1.96. The van der Waals surface area contributed by atoms with Gasteiger partial charge in [-0.05, 0) is 18.2 Å². The van der Waals surface area contributed by atoms with Crippen LogP contribution in [0.5, 0.6) is 0 Å². The summed E-state index contributed by atoms with van der Waals surface area (Å²) in [7, 11) is 1.98. The lowest BCUT2D eigenvalue weighted by molar-refractivity contribution is -0.671. The SMILES string of the molecule is C[n+]1cccc(-c2nc3ccccc3o2)c1. The van der Waals surface area contributed by atoms with E-state index in [0.717, 1.165) is 16.7 Å². The third kappa shape index (κ3) is 1.46. The third-order valence-corrected chi connectivity index (χ3v) is 2.48. The summed E-state index contributed by atoms with van der Waals surface area (Å²) in [5, 5.41) is 0. The van der Waals surface area contributed by atoms with Crippen LogP contribution in [0.15, 0.2) is 53.2 Å². The van der Waals surface area contributed by atoms with Crippen LogP contribution in [0.3, 0.4) is 0 Å². The smallest absolute Gasteiger partial charge is 0.233 e. The molecule has 3 heteroatoms. The monoisotopic (exact) mass is 211 g/mol. The fourth-order valence-corrected chi connectivity index (χ4v) is 1.71. The number of pyridine rings is 1. The van der Waals surface area contributed by atoms with Crippen LogP contribution < -0.4 is 4.57 Å². The van der Waals surface area contributed by atoms with Gasteiger partial charge in [0.25, 0.3) is 0 Å². The Morgan fingerprint density at radius 2 is 2.00 bits per heavy atom. The van der Waals surface area contributed by atoms with Crippen molar-refractivity contribution in [1.82, 2.24) is 4.98 Å². The highest BCUT2D eigenvalue weighted by atomic mass is 16.3. The van der Waals surface area contributed by atoms with Crippen molar-refractivity contribution in [2.75, 3.05) is 0 Å². The van der Waals surface area contributed by atoms with Crippen LogP contribution in [0.25, 0.3) is 22.6 Å². The summed E-state index contributed by atoms with van der Waals surface area (Å²) in [5.74, 6) is 0.664. The maximum absolute atomic E-state index is 5.68. The van der Waals surface area contributed by atoms with Crippen molar-refractivity contribution in [3.63, 3.8) is 0 Å². The molecule has 0 spiro atoms. The Labute approximate surface area is 93.0 Å². The molecule has 0 saturated heterocycles. The van der Waals surface area contributed by atoms with Crippen molar-refractivity contribution in [2.45, 2.75) is 0 Å². The van der Waals surface area contributed by atoms with Crippen molar-refractivity contribution < 1.29 is 8.98 Å². The minimum atomic E-state index is 0.664. The molecule has 0 atom stereocenters. The highest BCUT2D eigenvalue weighted by Crippen LogP contribution is 2.22. The molecule has 0 saturated carbocycles. The Bertz CT molecular complexity index is 610. The number of benzene rings is 1. The van der Waals surface area contributed by atoms with Crippen molar-refractivity contribution in [2.24, 2.45) is 7.05 Å². The topological polar surface area (TPSA) is 29.9 Å². The molecule has 0 aliphatic rings. The Balaban J connectivity index is 2.19. The summed E-state index contributed by atoms with van der Waals surface area (Å²) < 4.78 is 7.66. The van der Waals surface area contributed by atoms with Crippen LogP contribution in [-0.2, 0) is 7.05 Å². The quantitative estimate of drug-likeness (QED) is 0.578. The molecule has 2 heterocycles. The fraction of sp³-hybridized carbons (Fsp3) is 0.0769. The normalized spacial score (nSPS) is 10.8. The molecule has 0 N–H and O–H groups in total. The molecule has 0 amide bonds. The lowest BCUT2D eigenvalue weighted by Gasteiger charge is -1.91. The van der Waals surface area contributed by atoms with Crippen LogP contribution >= 0.6 is 0 Å². The highest BCUT2D eigenvalue weighted by Gasteiger charge is 2.09. The number of oxazole rings is 1. The highest BCUT2D eigenvalue weighted by molar-refractivity contribution is 5.75. The van der Waals surface area contributed by atoms with Crippen LogP contribution in [0.1, 0.15) is 0 Å². The summed E-state index contributed by atoms with van der Waals surface area (Å²) in [4.78, 5) is 4.44. The van der Waals surface area contributed by atoms with E-state index < -0.39 is 0 Å². The van der Waals surface area contributed by atoms with Crippen molar-refractivity contribution >= 4 is 11.1 Å². The molecule has 3 nitrogen and oxygen atoms in total. The maximum atomic E-state index is 5.68. The molecule has 16 heavy (non-hydrogen) atoms. The molecule has 2 aromatic heterocycles. The van der Waals surface area contributed by atoms with Gasteiger partial charge in [-0.1, -0.05) is 12.1 Å². The molecule has 0 fully saturated rings.